The third-order valence-electron chi connectivity index (χ3n) is 2.98. The zero-order chi connectivity index (χ0) is 12.7. The molecule has 0 amide bonds. The summed E-state index contributed by atoms with van der Waals surface area (Å²) in [5.74, 6) is -0.296. The molecule has 0 saturated heterocycles. The molecular formula is C13H9BrFN3. The lowest BCUT2D eigenvalue weighted by molar-refractivity contribution is 0.624. The number of hydrazone groups is 1. The number of benzene rings is 1. The number of nitrogens with one attached hydrogen (secondary N) is 2. The Morgan fingerprint density at radius 2 is 2.11 bits per heavy atom. The van der Waals surface area contributed by atoms with Crippen molar-refractivity contribution in [1.29, 1.82) is 5.41 Å². The van der Waals surface area contributed by atoms with Gasteiger partial charge >= 0.3 is 0 Å². The average Bonchev–Trinajstić information content (AvgIpc) is 2.85. The second kappa shape index (κ2) is 4.17. The van der Waals surface area contributed by atoms with E-state index in [2.05, 4.69) is 26.5 Å². The van der Waals surface area contributed by atoms with Crippen LogP contribution in [0.5, 0.6) is 0 Å². The Balaban J connectivity index is 2.16. The molecule has 1 heterocycles. The molecule has 1 unspecified atom stereocenters. The van der Waals surface area contributed by atoms with Gasteiger partial charge in [-0.05, 0) is 28.1 Å². The normalized spacial score (nSPS) is 21.8. The summed E-state index contributed by atoms with van der Waals surface area (Å²) in [4.78, 5) is 0. The molecule has 0 fully saturated rings. The maximum atomic E-state index is 13.8. The van der Waals surface area contributed by atoms with Crippen LogP contribution >= 0.6 is 15.9 Å². The minimum Gasteiger partial charge on any atom is -0.303 e. The van der Waals surface area contributed by atoms with Crippen LogP contribution in [0.3, 0.4) is 0 Å². The molecule has 5 heteroatoms. The van der Waals surface area contributed by atoms with Crippen LogP contribution in [0.4, 0.5) is 4.39 Å². The molecule has 3 rings (SSSR count). The number of hydrogen-bond donors (Lipinski definition) is 2. The Kier molecular flexibility index (Phi) is 2.63. The van der Waals surface area contributed by atoms with Gasteiger partial charge in [0.05, 0.1) is 11.9 Å². The van der Waals surface area contributed by atoms with Crippen LogP contribution in [0, 0.1) is 11.2 Å². The molecular weight excluding hydrogens is 297 g/mol. The van der Waals surface area contributed by atoms with Crippen molar-refractivity contribution >= 4 is 33.4 Å². The first-order chi connectivity index (χ1) is 8.68. The average molecular weight is 306 g/mol. The maximum absolute atomic E-state index is 13.8. The van der Waals surface area contributed by atoms with Crippen LogP contribution in [0.15, 0.2) is 45.5 Å². The molecule has 18 heavy (non-hydrogen) atoms. The monoisotopic (exact) mass is 305 g/mol. The minimum absolute atomic E-state index is 0.227. The molecule has 1 atom stereocenters. The molecule has 0 radical (unpaired) electrons. The standard InChI is InChI=1S/C13H9BrFN3/c14-12-8(7-3-1-2-4-10(7)15)5-11(16)13-9(12)6-17-18-13/h1-6,13,16,18H. The predicted molar refractivity (Wildman–Crippen MR) is 73.5 cm³/mol. The van der Waals surface area contributed by atoms with Gasteiger partial charge in [-0.1, -0.05) is 18.2 Å². The Morgan fingerprint density at radius 3 is 2.89 bits per heavy atom. The third kappa shape index (κ3) is 1.62. The fourth-order valence-electron chi connectivity index (χ4n) is 2.08. The first-order valence-corrected chi connectivity index (χ1v) is 6.21. The number of nitrogens with zero attached hydrogens (tertiary/aromatic N) is 1. The molecule has 1 aromatic rings. The van der Waals surface area contributed by atoms with Gasteiger partial charge in [0.1, 0.15) is 11.9 Å². The highest BCUT2D eigenvalue weighted by Gasteiger charge is 2.30. The van der Waals surface area contributed by atoms with Gasteiger partial charge in [0.25, 0.3) is 0 Å². The van der Waals surface area contributed by atoms with Crippen molar-refractivity contribution in [1.82, 2.24) is 5.43 Å². The smallest absolute Gasteiger partial charge is 0.131 e. The van der Waals surface area contributed by atoms with Gasteiger partial charge in [-0.2, -0.15) is 5.10 Å². The van der Waals surface area contributed by atoms with E-state index in [1.807, 2.05) is 0 Å². The Morgan fingerprint density at radius 1 is 1.33 bits per heavy atom. The maximum Gasteiger partial charge on any atom is 0.131 e. The molecule has 0 saturated carbocycles. The van der Waals surface area contributed by atoms with Gasteiger partial charge in [0.15, 0.2) is 0 Å². The molecule has 3 nitrogen and oxygen atoms in total. The van der Waals surface area contributed by atoms with E-state index in [1.165, 1.54) is 6.07 Å². The SMILES string of the molecule is N=C1C=C(c2ccccc2F)C(Br)=C2C=NNC12. The Hall–Kier alpha value is -1.75. The Labute approximate surface area is 112 Å². The number of fused-ring (bicyclic) bond motifs is 1. The lowest BCUT2D eigenvalue weighted by atomic mass is 9.91. The van der Waals surface area contributed by atoms with Gasteiger partial charge < -0.3 is 5.41 Å². The van der Waals surface area contributed by atoms with Crippen LogP contribution in [0.1, 0.15) is 5.56 Å². The van der Waals surface area contributed by atoms with Gasteiger partial charge in [-0.15, -0.1) is 0 Å². The third-order valence-corrected chi connectivity index (χ3v) is 3.87. The van der Waals surface area contributed by atoms with Crippen molar-refractivity contribution in [2.24, 2.45) is 5.10 Å². The summed E-state index contributed by atoms with van der Waals surface area (Å²) in [7, 11) is 0. The van der Waals surface area contributed by atoms with Gasteiger partial charge in [0, 0.05) is 21.2 Å². The van der Waals surface area contributed by atoms with E-state index < -0.39 is 0 Å². The summed E-state index contributed by atoms with van der Waals surface area (Å²) in [6.07, 6.45) is 3.33. The van der Waals surface area contributed by atoms with Crippen molar-refractivity contribution in [3.8, 4) is 0 Å². The lowest BCUT2D eigenvalue weighted by Gasteiger charge is -2.21. The van der Waals surface area contributed by atoms with Gasteiger partial charge in [-0.3, -0.25) is 5.43 Å². The fraction of sp³-hybridized carbons (Fsp3) is 0.0769. The zero-order valence-corrected chi connectivity index (χ0v) is 10.8. The summed E-state index contributed by atoms with van der Waals surface area (Å²) < 4.78 is 14.6. The summed E-state index contributed by atoms with van der Waals surface area (Å²) in [6, 6.07) is 6.32. The topological polar surface area (TPSA) is 48.2 Å². The second-order valence-electron chi connectivity index (χ2n) is 4.08. The highest BCUT2D eigenvalue weighted by molar-refractivity contribution is 9.12. The molecule has 1 aromatic carbocycles. The summed E-state index contributed by atoms with van der Waals surface area (Å²) in [5.41, 5.74) is 5.25. The van der Waals surface area contributed by atoms with E-state index in [0.717, 1.165) is 10.1 Å². The van der Waals surface area contributed by atoms with E-state index in [-0.39, 0.29) is 11.9 Å². The summed E-state index contributed by atoms with van der Waals surface area (Å²) in [6.45, 7) is 0. The number of hydrogen-bond acceptors (Lipinski definition) is 3. The van der Waals surface area contributed by atoms with E-state index in [9.17, 15) is 4.39 Å². The molecule has 0 aromatic heterocycles. The van der Waals surface area contributed by atoms with Crippen molar-refractivity contribution in [3.63, 3.8) is 0 Å². The van der Waals surface area contributed by atoms with E-state index in [4.69, 9.17) is 5.41 Å². The lowest BCUT2D eigenvalue weighted by Crippen LogP contribution is -2.32. The number of allylic oxidation sites excluding steroid dienone is 2. The largest absolute Gasteiger partial charge is 0.303 e. The molecule has 2 aliphatic rings. The molecule has 1 aliphatic carbocycles. The molecule has 2 N–H and O–H groups in total. The molecule has 0 spiro atoms. The Bertz CT molecular complexity index is 631. The van der Waals surface area contributed by atoms with Crippen LogP contribution in [-0.4, -0.2) is 18.0 Å². The highest BCUT2D eigenvalue weighted by atomic mass is 79.9. The molecule has 90 valence electrons. The predicted octanol–water partition coefficient (Wildman–Crippen LogP) is 2.85. The van der Waals surface area contributed by atoms with Crippen LogP contribution in [0.2, 0.25) is 0 Å². The van der Waals surface area contributed by atoms with Crippen molar-refractivity contribution in [3.05, 3.63) is 51.8 Å². The van der Waals surface area contributed by atoms with Gasteiger partial charge in [-0.25, -0.2) is 4.39 Å². The van der Waals surface area contributed by atoms with Crippen molar-refractivity contribution in [2.75, 3.05) is 0 Å². The zero-order valence-electron chi connectivity index (χ0n) is 9.24. The van der Waals surface area contributed by atoms with Crippen LogP contribution in [0.25, 0.3) is 5.57 Å². The molecule has 1 aliphatic heterocycles. The van der Waals surface area contributed by atoms with Gasteiger partial charge in [0.2, 0.25) is 0 Å². The number of rotatable bonds is 1. The first kappa shape index (κ1) is 11.3. The highest BCUT2D eigenvalue weighted by Crippen LogP contribution is 2.36. The minimum atomic E-state index is -0.296. The quantitative estimate of drug-likeness (QED) is 0.823. The number of halogens is 2. The second-order valence-corrected chi connectivity index (χ2v) is 4.88. The summed E-state index contributed by atoms with van der Waals surface area (Å²) >= 11 is 3.48. The van der Waals surface area contributed by atoms with Crippen molar-refractivity contribution in [2.45, 2.75) is 6.04 Å². The summed E-state index contributed by atoms with van der Waals surface area (Å²) in [5, 5.41) is 11.9. The van der Waals surface area contributed by atoms with Crippen LogP contribution < -0.4 is 5.43 Å². The van der Waals surface area contributed by atoms with E-state index in [1.54, 1.807) is 30.5 Å². The van der Waals surface area contributed by atoms with Crippen LogP contribution in [-0.2, 0) is 0 Å². The van der Waals surface area contributed by atoms with E-state index >= 15 is 0 Å². The fourth-order valence-corrected chi connectivity index (χ4v) is 2.74. The first-order valence-electron chi connectivity index (χ1n) is 5.42. The molecule has 0 bridgehead atoms. The van der Waals surface area contributed by atoms with E-state index in [0.29, 0.717) is 16.8 Å². The van der Waals surface area contributed by atoms with Crippen molar-refractivity contribution < 1.29 is 4.39 Å².